The van der Waals surface area contributed by atoms with E-state index in [1.807, 2.05) is 0 Å². The Hall–Kier alpha value is -4.15. The third-order valence-corrected chi connectivity index (χ3v) is 5.81. The number of esters is 2. The Balaban J connectivity index is 0.00000420. The predicted octanol–water partition coefficient (Wildman–Crippen LogP) is 3.98. The molecular formula is C27H25Cl2N3O7. The maximum absolute atomic E-state index is 14.0. The number of nitrogens with one attached hydrogen (secondary N) is 1. The molecule has 10 nitrogen and oxygen atoms in total. The zero-order chi connectivity index (χ0) is 27.2. The number of hydrogen-bond donors (Lipinski definition) is 1. The van der Waals surface area contributed by atoms with Crippen molar-refractivity contribution in [1.82, 2.24) is 10.3 Å². The van der Waals surface area contributed by atoms with Gasteiger partial charge in [0.1, 0.15) is 5.75 Å². The second-order valence-electron chi connectivity index (χ2n) is 8.38. The molecule has 12 heteroatoms. The van der Waals surface area contributed by atoms with E-state index in [-0.39, 0.29) is 31.2 Å². The van der Waals surface area contributed by atoms with Crippen LogP contribution in [0.15, 0.2) is 67.0 Å². The number of amides is 2. The van der Waals surface area contributed by atoms with Crippen molar-refractivity contribution >= 4 is 53.4 Å². The number of para-hydroxylation sites is 1. The molecule has 2 heterocycles. The number of halogens is 2. The first-order chi connectivity index (χ1) is 18.2. The zero-order valence-electron chi connectivity index (χ0n) is 21.0. The van der Waals surface area contributed by atoms with Gasteiger partial charge in [-0.3, -0.25) is 24.2 Å². The van der Waals surface area contributed by atoms with Crippen LogP contribution in [0.5, 0.6) is 11.5 Å². The van der Waals surface area contributed by atoms with Crippen molar-refractivity contribution in [1.29, 1.82) is 0 Å². The molecule has 0 saturated heterocycles. The first kappa shape index (κ1) is 29.4. The SMILES string of the molecule is CC(=O)O[C@@H](C(=O)NCc1ccncc1)[C@@H](OC(C)=O)C(=O)N1Cc2ccccc2Oc2ccc(Cl)cc21.Cl. The number of pyridine rings is 1. The van der Waals surface area contributed by atoms with Crippen LogP contribution in [-0.4, -0.2) is 40.9 Å². The van der Waals surface area contributed by atoms with E-state index >= 15 is 0 Å². The van der Waals surface area contributed by atoms with Crippen LogP contribution in [0.3, 0.4) is 0 Å². The molecule has 3 aromatic rings. The lowest BCUT2D eigenvalue weighted by molar-refractivity contribution is -0.174. The highest BCUT2D eigenvalue weighted by Gasteiger charge is 2.43. The van der Waals surface area contributed by atoms with Crippen molar-refractivity contribution < 1.29 is 33.4 Å². The van der Waals surface area contributed by atoms with Crippen molar-refractivity contribution in [3.8, 4) is 11.5 Å². The summed E-state index contributed by atoms with van der Waals surface area (Å²) in [5.41, 5.74) is 1.66. The van der Waals surface area contributed by atoms with Gasteiger partial charge in [0.25, 0.3) is 11.8 Å². The Kier molecular flexibility index (Phi) is 9.86. The molecule has 0 bridgehead atoms. The summed E-state index contributed by atoms with van der Waals surface area (Å²) in [7, 11) is 0. The summed E-state index contributed by atoms with van der Waals surface area (Å²) in [4.78, 5) is 56.5. The Labute approximate surface area is 235 Å². The van der Waals surface area contributed by atoms with Crippen LogP contribution in [0.1, 0.15) is 25.0 Å². The van der Waals surface area contributed by atoms with Crippen molar-refractivity contribution in [3.63, 3.8) is 0 Å². The second kappa shape index (κ2) is 13.1. The number of ether oxygens (including phenoxy) is 3. The molecule has 0 spiro atoms. The highest BCUT2D eigenvalue weighted by atomic mass is 35.5. The van der Waals surface area contributed by atoms with Crippen molar-refractivity contribution in [2.75, 3.05) is 4.90 Å². The number of nitrogens with zero attached hydrogens (tertiary/aromatic N) is 2. The first-order valence-corrected chi connectivity index (χ1v) is 12.0. The number of aromatic nitrogens is 1. The Morgan fingerprint density at radius 2 is 1.64 bits per heavy atom. The first-order valence-electron chi connectivity index (χ1n) is 11.6. The van der Waals surface area contributed by atoms with Crippen LogP contribution in [0.2, 0.25) is 5.02 Å². The summed E-state index contributed by atoms with van der Waals surface area (Å²) >= 11 is 6.24. The second-order valence-corrected chi connectivity index (χ2v) is 8.82. The molecule has 1 aromatic heterocycles. The molecule has 39 heavy (non-hydrogen) atoms. The minimum absolute atomic E-state index is 0. The van der Waals surface area contributed by atoms with E-state index in [9.17, 15) is 19.2 Å². The summed E-state index contributed by atoms with van der Waals surface area (Å²) in [6.45, 7) is 2.24. The fraction of sp³-hybridized carbons (Fsp3) is 0.222. The molecule has 0 fully saturated rings. The van der Waals surface area contributed by atoms with E-state index in [1.54, 1.807) is 60.9 Å². The molecule has 0 aliphatic carbocycles. The van der Waals surface area contributed by atoms with Crippen LogP contribution in [-0.2, 0) is 41.7 Å². The maximum Gasteiger partial charge on any atom is 0.303 e. The van der Waals surface area contributed by atoms with Gasteiger partial charge >= 0.3 is 11.9 Å². The summed E-state index contributed by atoms with van der Waals surface area (Å²) in [5.74, 6) is -2.49. The van der Waals surface area contributed by atoms with Gasteiger partial charge in [-0.25, -0.2) is 0 Å². The summed E-state index contributed by atoms with van der Waals surface area (Å²) in [5, 5.41) is 2.95. The average molecular weight is 574 g/mol. The summed E-state index contributed by atoms with van der Waals surface area (Å²) in [6, 6.07) is 15.2. The third kappa shape index (κ3) is 7.24. The molecule has 2 aromatic carbocycles. The standard InChI is InChI=1S/C27H24ClN3O7.ClH/c1-16(32)36-24(26(34)30-14-18-9-11-29-12-10-18)25(37-17(2)33)27(35)31-15-19-5-3-4-6-22(19)38-23-8-7-20(28)13-21(23)31;/h3-13,24-25H,14-15H2,1-2H3,(H,30,34);1H/t24-,25-;/m1./s1. The van der Waals surface area contributed by atoms with Gasteiger partial charge in [0, 0.05) is 43.4 Å². The van der Waals surface area contributed by atoms with E-state index in [0.717, 1.165) is 19.4 Å². The van der Waals surface area contributed by atoms with Crippen LogP contribution in [0.25, 0.3) is 0 Å². The fourth-order valence-electron chi connectivity index (χ4n) is 3.89. The lowest BCUT2D eigenvalue weighted by atomic mass is 10.1. The van der Waals surface area contributed by atoms with Gasteiger partial charge in [0.15, 0.2) is 5.75 Å². The molecular weight excluding hydrogens is 549 g/mol. The van der Waals surface area contributed by atoms with Gasteiger partial charge in [0.05, 0.1) is 12.2 Å². The Morgan fingerprint density at radius 3 is 2.33 bits per heavy atom. The number of carbonyl (C=O) groups is 4. The van der Waals surface area contributed by atoms with Crippen molar-refractivity contribution in [2.45, 2.75) is 39.1 Å². The highest BCUT2D eigenvalue weighted by Crippen LogP contribution is 2.40. The molecule has 1 aliphatic rings. The molecule has 1 N–H and O–H groups in total. The fourth-order valence-corrected chi connectivity index (χ4v) is 4.05. The van der Waals surface area contributed by atoms with Crippen molar-refractivity contribution in [2.24, 2.45) is 0 Å². The quantitative estimate of drug-likeness (QED) is 0.421. The lowest BCUT2D eigenvalue weighted by Gasteiger charge is -2.30. The summed E-state index contributed by atoms with van der Waals surface area (Å²) in [6.07, 6.45) is -0.463. The zero-order valence-corrected chi connectivity index (χ0v) is 22.5. The lowest BCUT2D eigenvalue weighted by Crippen LogP contribution is -2.54. The van der Waals surface area contributed by atoms with E-state index in [1.165, 1.54) is 11.0 Å². The van der Waals surface area contributed by atoms with E-state index in [2.05, 4.69) is 10.3 Å². The normalized spacial score (nSPS) is 13.2. The smallest absolute Gasteiger partial charge is 0.303 e. The predicted molar refractivity (Wildman–Crippen MR) is 144 cm³/mol. The summed E-state index contributed by atoms with van der Waals surface area (Å²) < 4.78 is 16.6. The largest absolute Gasteiger partial charge is 0.455 e. The van der Waals surface area contributed by atoms with Gasteiger partial charge in [-0.05, 0) is 42.0 Å². The Morgan fingerprint density at radius 1 is 0.974 bits per heavy atom. The molecule has 0 radical (unpaired) electrons. The topological polar surface area (TPSA) is 124 Å². The van der Waals surface area contributed by atoms with E-state index in [0.29, 0.717) is 22.1 Å². The molecule has 0 unspecified atom stereocenters. The minimum atomic E-state index is -1.80. The number of carbonyl (C=O) groups excluding carboxylic acids is 4. The average Bonchev–Trinajstić information content (AvgIpc) is 3.05. The van der Waals surface area contributed by atoms with Gasteiger partial charge in [-0.15, -0.1) is 12.4 Å². The third-order valence-electron chi connectivity index (χ3n) is 5.58. The van der Waals surface area contributed by atoms with Gasteiger partial charge in [0.2, 0.25) is 12.2 Å². The van der Waals surface area contributed by atoms with Crippen LogP contribution >= 0.6 is 24.0 Å². The number of rotatable bonds is 7. The van der Waals surface area contributed by atoms with Gasteiger partial charge in [-0.1, -0.05) is 29.8 Å². The van der Waals surface area contributed by atoms with Crippen molar-refractivity contribution in [3.05, 3.63) is 83.1 Å². The Bertz CT molecular complexity index is 1370. The molecule has 0 saturated carbocycles. The van der Waals surface area contributed by atoms with Crippen LogP contribution in [0, 0.1) is 0 Å². The van der Waals surface area contributed by atoms with Crippen LogP contribution in [0.4, 0.5) is 5.69 Å². The molecule has 204 valence electrons. The number of hydrogen-bond acceptors (Lipinski definition) is 8. The highest BCUT2D eigenvalue weighted by molar-refractivity contribution is 6.31. The molecule has 1 aliphatic heterocycles. The monoisotopic (exact) mass is 573 g/mol. The molecule has 2 amide bonds. The number of benzene rings is 2. The number of fused-ring (bicyclic) bond motifs is 2. The number of anilines is 1. The van der Waals surface area contributed by atoms with Gasteiger partial charge < -0.3 is 24.4 Å². The minimum Gasteiger partial charge on any atom is -0.455 e. The van der Waals surface area contributed by atoms with Crippen LogP contribution < -0.4 is 15.0 Å². The van der Waals surface area contributed by atoms with E-state index in [4.69, 9.17) is 25.8 Å². The van der Waals surface area contributed by atoms with E-state index < -0.39 is 36.0 Å². The molecule has 2 atom stereocenters. The van der Waals surface area contributed by atoms with Gasteiger partial charge in [-0.2, -0.15) is 0 Å². The maximum atomic E-state index is 14.0. The molecule has 4 rings (SSSR count).